The zero-order chi connectivity index (χ0) is 24.4. The van der Waals surface area contributed by atoms with Gasteiger partial charge in [-0.2, -0.15) is 0 Å². The molecule has 2 aromatic heterocycles. The van der Waals surface area contributed by atoms with Gasteiger partial charge in [0.05, 0.1) is 0 Å². The molecule has 0 radical (unpaired) electrons. The van der Waals surface area contributed by atoms with Gasteiger partial charge in [-0.3, -0.25) is 14.9 Å². The van der Waals surface area contributed by atoms with E-state index >= 15 is 0 Å². The zero-order valence-corrected chi connectivity index (χ0v) is 20.3. The standard InChI is InChI=1S/C29H32N4O2/c1-19-16-30-27(20(19)2)18-33(14-13-23-17-31-26-6-4-3-5-24(23)26)28-11-9-22-15-21(7-10-25(22)28)8-12-29(34)32-35/h3-8,10,12,15-17,28,30-31,35H,9,11,13-14,18H2,1-2H3,(H,32,34)/b12-8+. The van der Waals surface area contributed by atoms with Crippen LogP contribution < -0.4 is 5.48 Å². The van der Waals surface area contributed by atoms with Gasteiger partial charge in [0.2, 0.25) is 0 Å². The third kappa shape index (κ3) is 4.81. The summed E-state index contributed by atoms with van der Waals surface area (Å²) in [6, 6.07) is 15.3. The average Bonchev–Trinajstić information content (AvgIpc) is 3.58. The molecule has 1 aliphatic carbocycles. The summed E-state index contributed by atoms with van der Waals surface area (Å²) in [6.45, 7) is 6.19. The number of para-hydroxylation sites is 1. The number of benzene rings is 2. The molecule has 180 valence electrons. The third-order valence-electron chi connectivity index (χ3n) is 7.40. The molecule has 0 bridgehead atoms. The monoisotopic (exact) mass is 468 g/mol. The first-order chi connectivity index (χ1) is 17.0. The summed E-state index contributed by atoms with van der Waals surface area (Å²) in [5, 5.41) is 10.0. The van der Waals surface area contributed by atoms with Gasteiger partial charge in [-0.25, -0.2) is 5.48 Å². The van der Waals surface area contributed by atoms with Crippen LogP contribution in [0.3, 0.4) is 0 Å². The Labute approximate surface area is 205 Å². The van der Waals surface area contributed by atoms with E-state index in [1.807, 2.05) is 0 Å². The molecule has 35 heavy (non-hydrogen) atoms. The molecule has 4 N–H and O–H groups in total. The van der Waals surface area contributed by atoms with Gasteiger partial charge >= 0.3 is 0 Å². The van der Waals surface area contributed by atoms with E-state index in [4.69, 9.17) is 5.21 Å². The fourth-order valence-electron chi connectivity index (χ4n) is 5.27. The predicted molar refractivity (Wildman–Crippen MR) is 139 cm³/mol. The first-order valence-electron chi connectivity index (χ1n) is 12.2. The van der Waals surface area contributed by atoms with E-state index in [1.54, 1.807) is 11.6 Å². The van der Waals surface area contributed by atoms with Crippen LogP contribution >= 0.6 is 0 Å². The molecule has 2 heterocycles. The molecule has 1 unspecified atom stereocenters. The van der Waals surface area contributed by atoms with Crippen LogP contribution in [0, 0.1) is 13.8 Å². The molecule has 2 aromatic carbocycles. The van der Waals surface area contributed by atoms with Gasteiger partial charge < -0.3 is 9.97 Å². The zero-order valence-electron chi connectivity index (χ0n) is 20.3. The summed E-state index contributed by atoms with van der Waals surface area (Å²) >= 11 is 0. The number of carbonyl (C=O) groups excluding carboxylic acids is 1. The molecular weight excluding hydrogens is 436 g/mol. The van der Waals surface area contributed by atoms with Crippen molar-refractivity contribution in [2.75, 3.05) is 6.54 Å². The topological polar surface area (TPSA) is 84.2 Å². The van der Waals surface area contributed by atoms with Crippen molar-refractivity contribution in [3.8, 4) is 0 Å². The van der Waals surface area contributed by atoms with Gasteiger partial charge in [-0.1, -0.05) is 36.4 Å². The first kappa shape index (κ1) is 23.1. The number of fused-ring (bicyclic) bond motifs is 2. The van der Waals surface area contributed by atoms with Crippen molar-refractivity contribution >= 4 is 22.9 Å². The maximum atomic E-state index is 11.4. The predicted octanol–water partition coefficient (Wildman–Crippen LogP) is 5.36. The maximum absolute atomic E-state index is 11.4. The highest BCUT2D eigenvalue weighted by Gasteiger charge is 2.29. The molecule has 0 aliphatic heterocycles. The van der Waals surface area contributed by atoms with Gasteiger partial charge in [0.15, 0.2) is 0 Å². The second-order valence-electron chi connectivity index (χ2n) is 9.48. The lowest BCUT2D eigenvalue weighted by Crippen LogP contribution is -2.29. The number of hydrogen-bond donors (Lipinski definition) is 4. The minimum absolute atomic E-state index is 0.344. The van der Waals surface area contributed by atoms with Crippen LogP contribution in [0.5, 0.6) is 0 Å². The Balaban J connectivity index is 1.40. The lowest BCUT2D eigenvalue weighted by Gasteiger charge is -2.30. The number of nitrogens with one attached hydrogen (secondary N) is 3. The first-order valence-corrected chi connectivity index (χ1v) is 12.2. The van der Waals surface area contributed by atoms with E-state index in [9.17, 15) is 4.79 Å². The van der Waals surface area contributed by atoms with Crippen LogP contribution in [0.1, 0.15) is 51.5 Å². The third-order valence-corrected chi connectivity index (χ3v) is 7.40. The van der Waals surface area contributed by atoms with Crippen molar-refractivity contribution in [1.82, 2.24) is 20.3 Å². The molecule has 0 saturated heterocycles. The molecule has 0 saturated carbocycles. The molecule has 6 nitrogen and oxygen atoms in total. The van der Waals surface area contributed by atoms with E-state index in [0.717, 1.165) is 37.9 Å². The molecule has 0 fully saturated rings. The molecule has 1 atom stereocenters. The van der Waals surface area contributed by atoms with Gasteiger partial charge in [-0.15, -0.1) is 0 Å². The largest absolute Gasteiger partial charge is 0.363 e. The number of aromatic amines is 2. The number of rotatable bonds is 8. The van der Waals surface area contributed by atoms with E-state index in [-0.39, 0.29) is 0 Å². The van der Waals surface area contributed by atoms with Gasteiger partial charge in [0.1, 0.15) is 0 Å². The number of amides is 1. The summed E-state index contributed by atoms with van der Waals surface area (Å²) in [5.74, 6) is -0.525. The normalized spacial score (nSPS) is 15.4. The van der Waals surface area contributed by atoms with Crippen LogP contribution in [0.2, 0.25) is 0 Å². The summed E-state index contributed by atoms with van der Waals surface area (Å²) in [7, 11) is 0. The number of H-pyrrole nitrogens is 2. The SMILES string of the molecule is Cc1c[nH]c(CN(CCc2c[nH]c3ccccc23)C2CCc3cc(/C=C/C(=O)NO)ccc32)c1C. The Kier molecular flexibility index (Phi) is 6.57. The van der Waals surface area contributed by atoms with Crippen molar-refractivity contribution in [3.05, 3.63) is 100 Å². The quantitative estimate of drug-likeness (QED) is 0.159. The fourth-order valence-corrected chi connectivity index (χ4v) is 5.27. The van der Waals surface area contributed by atoms with Crippen LogP contribution in [0.15, 0.2) is 60.9 Å². The Morgan fingerprint density at radius 1 is 1.17 bits per heavy atom. The van der Waals surface area contributed by atoms with E-state index < -0.39 is 5.91 Å². The number of nitrogens with zero attached hydrogens (tertiary/aromatic N) is 1. The molecule has 0 spiro atoms. The van der Waals surface area contributed by atoms with Crippen LogP contribution in [-0.4, -0.2) is 32.5 Å². The fraction of sp³-hybridized carbons (Fsp3) is 0.276. The number of hydrogen-bond acceptors (Lipinski definition) is 3. The molecule has 1 aliphatic rings. The van der Waals surface area contributed by atoms with E-state index in [2.05, 4.69) is 83.6 Å². The Bertz CT molecular complexity index is 1380. The highest BCUT2D eigenvalue weighted by molar-refractivity contribution is 5.90. The summed E-state index contributed by atoms with van der Waals surface area (Å²) in [6.07, 6.45) is 10.4. The lowest BCUT2D eigenvalue weighted by molar-refractivity contribution is -0.124. The van der Waals surface area contributed by atoms with Crippen molar-refractivity contribution in [2.24, 2.45) is 0 Å². The number of hydroxylamine groups is 1. The summed E-state index contributed by atoms with van der Waals surface area (Å²) in [5.41, 5.74) is 11.8. The summed E-state index contributed by atoms with van der Waals surface area (Å²) in [4.78, 5) is 20.9. The Hall–Kier alpha value is -3.61. The smallest absolute Gasteiger partial charge is 0.267 e. The van der Waals surface area contributed by atoms with Gasteiger partial charge in [0.25, 0.3) is 5.91 Å². The second-order valence-corrected chi connectivity index (χ2v) is 9.48. The van der Waals surface area contributed by atoms with E-state index in [0.29, 0.717) is 6.04 Å². The minimum Gasteiger partial charge on any atom is -0.363 e. The second kappa shape index (κ2) is 9.94. The Morgan fingerprint density at radius 2 is 2.03 bits per heavy atom. The van der Waals surface area contributed by atoms with Crippen LogP contribution in [0.4, 0.5) is 0 Å². The number of aromatic nitrogens is 2. The minimum atomic E-state index is -0.525. The highest BCUT2D eigenvalue weighted by Crippen LogP contribution is 2.38. The number of aryl methyl sites for hydroxylation is 2. The Morgan fingerprint density at radius 3 is 2.83 bits per heavy atom. The molecule has 5 rings (SSSR count). The molecule has 6 heteroatoms. The highest BCUT2D eigenvalue weighted by atomic mass is 16.5. The van der Waals surface area contributed by atoms with Gasteiger partial charge in [0, 0.05) is 54.2 Å². The molecule has 4 aromatic rings. The van der Waals surface area contributed by atoms with Crippen LogP contribution in [-0.2, 0) is 24.2 Å². The molecule has 1 amide bonds. The van der Waals surface area contributed by atoms with Gasteiger partial charge in [-0.05, 0) is 78.6 Å². The van der Waals surface area contributed by atoms with Crippen molar-refractivity contribution in [3.63, 3.8) is 0 Å². The number of carbonyl (C=O) groups is 1. The van der Waals surface area contributed by atoms with Crippen molar-refractivity contribution < 1.29 is 10.0 Å². The molecular formula is C29H32N4O2. The van der Waals surface area contributed by atoms with E-state index in [1.165, 1.54) is 50.5 Å². The van der Waals surface area contributed by atoms with Crippen LogP contribution in [0.25, 0.3) is 17.0 Å². The average molecular weight is 469 g/mol. The van der Waals surface area contributed by atoms with Crippen molar-refractivity contribution in [1.29, 1.82) is 0 Å². The lowest BCUT2D eigenvalue weighted by atomic mass is 10.0. The maximum Gasteiger partial charge on any atom is 0.267 e. The summed E-state index contributed by atoms with van der Waals surface area (Å²) < 4.78 is 0. The van der Waals surface area contributed by atoms with Crippen molar-refractivity contribution in [2.45, 2.75) is 45.7 Å².